The van der Waals surface area contributed by atoms with Crippen LogP contribution in [0, 0.1) is 11.6 Å². The molecule has 0 spiro atoms. The van der Waals surface area contributed by atoms with Gasteiger partial charge in [0.25, 0.3) is 5.91 Å². The van der Waals surface area contributed by atoms with E-state index < -0.39 is 29.5 Å². The summed E-state index contributed by atoms with van der Waals surface area (Å²) in [6.45, 7) is 0. The number of hydrogen-bond acceptors (Lipinski definition) is 2. The second-order valence-corrected chi connectivity index (χ2v) is 6.20. The molecule has 2 amide bonds. The molecule has 6 heteroatoms. The molecule has 1 unspecified atom stereocenters. The molecule has 142 valence electrons. The van der Waals surface area contributed by atoms with Gasteiger partial charge in [-0.2, -0.15) is 0 Å². The van der Waals surface area contributed by atoms with Crippen LogP contribution >= 0.6 is 0 Å². The van der Waals surface area contributed by atoms with Crippen molar-refractivity contribution < 1.29 is 18.4 Å². The third kappa shape index (κ3) is 5.01. The lowest BCUT2D eigenvalue weighted by Crippen LogP contribution is -2.45. The second-order valence-electron chi connectivity index (χ2n) is 6.20. The van der Waals surface area contributed by atoms with E-state index in [-0.39, 0.29) is 12.1 Å². The molecule has 2 N–H and O–H groups in total. The van der Waals surface area contributed by atoms with Gasteiger partial charge in [-0.05, 0) is 29.8 Å². The SMILES string of the molecule is O=C(NC(Cc1ccccc1)C(=O)Nc1ccc(F)c(F)c1)c1ccccc1. The highest BCUT2D eigenvalue weighted by Crippen LogP contribution is 2.14. The Bertz CT molecular complexity index is 963. The standard InChI is InChI=1S/C22H18F2N2O2/c23-18-12-11-17(14-19(18)24)25-22(28)20(13-15-7-3-1-4-8-15)26-21(27)16-9-5-2-6-10-16/h1-12,14,20H,13H2,(H,25,28)(H,26,27). The van der Waals surface area contributed by atoms with Gasteiger partial charge < -0.3 is 10.6 Å². The van der Waals surface area contributed by atoms with Crippen molar-refractivity contribution >= 4 is 17.5 Å². The molecule has 0 aromatic heterocycles. The Morgan fingerprint density at radius 2 is 1.46 bits per heavy atom. The Balaban J connectivity index is 1.79. The van der Waals surface area contributed by atoms with Crippen LogP contribution in [0.3, 0.4) is 0 Å². The minimum atomic E-state index is -1.06. The molecule has 0 aliphatic rings. The van der Waals surface area contributed by atoms with Crippen molar-refractivity contribution in [2.24, 2.45) is 0 Å². The highest BCUT2D eigenvalue weighted by atomic mass is 19.2. The van der Waals surface area contributed by atoms with Crippen LogP contribution in [-0.2, 0) is 11.2 Å². The number of anilines is 1. The van der Waals surface area contributed by atoms with E-state index in [9.17, 15) is 18.4 Å². The summed E-state index contributed by atoms with van der Waals surface area (Å²) in [5.74, 6) is -3.00. The van der Waals surface area contributed by atoms with Crippen LogP contribution < -0.4 is 10.6 Å². The Kier molecular flexibility index (Phi) is 6.11. The number of amides is 2. The van der Waals surface area contributed by atoms with Gasteiger partial charge in [0.05, 0.1) is 0 Å². The molecule has 3 aromatic carbocycles. The number of benzene rings is 3. The minimum absolute atomic E-state index is 0.107. The summed E-state index contributed by atoms with van der Waals surface area (Å²) in [6.07, 6.45) is 0.245. The largest absolute Gasteiger partial charge is 0.340 e. The molecular formula is C22H18F2N2O2. The molecule has 0 bridgehead atoms. The van der Waals surface area contributed by atoms with Crippen LogP contribution in [0.1, 0.15) is 15.9 Å². The number of rotatable bonds is 6. The first-order chi connectivity index (χ1) is 13.5. The fraction of sp³-hybridized carbons (Fsp3) is 0.0909. The summed E-state index contributed by atoms with van der Waals surface area (Å²) in [5, 5.41) is 5.24. The van der Waals surface area contributed by atoms with E-state index in [2.05, 4.69) is 10.6 Å². The van der Waals surface area contributed by atoms with Crippen molar-refractivity contribution in [3.05, 3.63) is 102 Å². The number of nitrogens with one attached hydrogen (secondary N) is 2. The van der Waals surface area contributed by atoms with Crippen molar-refractivity contribution in [3.63, 3.8) is 0 Å². The van der Waals surface area contributed by atoms with Crippen molar-refractivity contribution in [2.45, 2.75) is 12.5 Å². The predicted molar refractivity (Wildman–Crippen MR) is 103 cm³/mol. The van der Waals surface area contributed by atoms with Crippen LogP contribution in [0.25, 0.3) is 0 Å². The van der Waals surface area contributed by atoms with E-state index in [0.29, 0.717) is 5.56 Å². The molecule has 0 aliphatic heterocycles. The molecule has 0 saturated carbocycles. The molecular weight excluding hydrogens is 362 g/mol. The summed E-state index contributed by atoms with van der Waals surface area (Å²) in [5.41, 5.74) is 1.37. The highest BCUT2D eigenvalue weighted by molar-refractivity contribution is 6.01. The van der Waals surface area contributed by atoms with Crippen LogP contribution in [0.4, 0.5) is 14.5 Å². The fourth-order valence-electron chi connectivity index (χ4n) is 2.69. The van der Waals surface area contributed by atoms with Gasteiger partial charge >= 0.3 is 0 Å². The first-order valence-electron chi connectivity index (χ1n) is 8.68. The van der Waals surface area contributed by atoms with Crippen LogP contribution in [0.15, 0.2) is 78.9 Å². The van der Waals surface area contributed by atoms with E-state index in [4.69, 9.17) is 0 Å². The topological polar surface area (TPSA) is 58.2 Å². The molecule has 28 heavy (non-hydrogen) atoms. The smallest absolute Gasteiger partial charge is 0.251 e. The summed E-state index contributed by atoms with van der Waals surface area (Å²) < 4.78 is 26.5. The molecule has 0 heterocycles. The molecule has 3 rings (SSSR count). The van der Waals surface area contributed by atoms with Crippen molar-refractivity contribution in [1.29, 1.82) is 0 Å². The first-order valence-corrected chi connectivity index (χ1v) is 8.68. The molecule has 1 atom stereocenters. The maximum Gasteiger partial charge on any atom is 0.251 e. The fourth-order valence-corrected chi connectivity index (χ4v) is 2.69. The highest BCUT2D eigenvalue weighted by Gasteiger charge is 2.22. The van der Waals surface area contributed by atoms with Gasteiger partial charge in [-0.3, -0.25) is 9.59 Å². The monoisotopic (exact) mass is 380 g/mol. The van der Waals surface area contributed by atoms with E-state index in [0.717, 1.165) is 17.7 Å². The maximum atomic E-state index is 13.4. The predicted octanol–water partition coefficient (Wildman–Crippen LogP) is 3.94. The zero-order valence-corrected chi connectivity index (χ0v) is 14.9. The number of halogens is 2. The number of carbonyl (C=O) groups is 2. The lowest BCUT2D eigenvalue weighted by molar-refractivity contribution is -0.118. The number of hydrogen-bond donors (Lipinski definition) is 2. The maximum absolute atomic E-state index is 13.4. The molecule has 4 nitrogen and oxygen atoms in total. The molecule has 0 saturated heterocycles. The first kappa shape index (κ1) is 19.2. The van der Waals surface area contributed by atoms with Gasteiger partial charge in [0, 0.05) is 23.7 Å². The lowest BCUT2D eigenvalue weighted by atomic mass is 10.0. The second kappa shape index (κ2) is 8.90. The van der Waals surface area contributed by atoms with Gasteiger partial charge in [-0.1, -0.05) is 48.5 Å². The third-order valence-electron chi connectivity index (χ3n) is 4.13. The average molecular weight is 380 g/mol. The Labute approximate surface area is 161 Å². The Morgan fingerprint density at radius 3 is 2.11 bits per heavy atom. The average Bonchev–Trinajstić information content (AvgIpc) is 2.71. The third-order valence-corrected chi connectivity index (χ3v) is 4.13. The van der Waals surface area contributed by atoms with Gasteiger partial charge in [-0.15, -0.1) is 0 Å². The summed E-state index contributed by atoms with van der Waals surface area (Å²) >= 11 is 0. The van der Waals surface area contributed by atoms with Crippen LogP contribution in [-0.4, -0.2) is 17.9 Å². The van der Waals surface area contributed by atoms with E-state index >= 15 is 0 Å². The van der Waals surface area contributed by atoms with Crippen molar-refractivity contribution in [2.75, 3.05) is 5.32 Å². The van der Waals surface area contributed by atoms with Crippen molar-refractivity contribution in [3.8, 4) is 0 Å². The lowest BCUT2D eigenvalue weighted by Gasteiger charge is -2.19. The minimum Gasteiger partial charge on any atom is -0.340 e. The summed E-state index contributed by atoms with van der Waals surface area (Å²) in [6, 6.07) is 19.9. The summed E-state index contributed by atoms with van der Waals surface area (Å²) in [7, 11) is 0. The molecule has 0 aliphatic carbocycles. The Morgan fingerprint density at radius 1 is 0.821 bits per heavy atom. The van der Waals surface area contributed by atoms with E-state index in [1.165, 1.54) is 6.07 Å². The molecule has 0 radical (unpaired) electrons. The quantitative estimate of drug-likeness (QED) is 0.680. The number of carbonyl (C=O) groups excluding carboxylic acids is 2. The van der Waals surface area contributed by atoms with Gasteiger partial charge in [0.1, 0.15) is 6.04 Å². The van der Waals surface area contributed by atoms with Crippen LogP contribution in [0.5, 0.6) is 0 Å². The Hall–Kier alpha value is -3.54. The van der Waals surface area contributed by atoms with Crippen LogP contribution in [0.2, 0.25) is 0 Å². The van der Waals surface area contributed by atoms with Gasteiger partial charge in [-0.25, -0.2) is 8.78 Å². The zero-order valence-electron chi connectivity index (χ0n) is 14.9. The molecule has 3 aromatic rings. The van der Waals surface area contributed by atoms with E-state index in [1.54, 1.807) is 30.3 Å². The summed E-state index contributed by atoms with van der Waals surface area (Å²) in [4.78, 5) is 25.2. The zero-order chi connectivity index (χ0) is 19.9. The van der Waals surface area contributed by atoms with Gasteiger partial charge in [0.2, 0.25) is 5.91 Å². The van der Waals surface area contributed by atoms with E-state index in [1.807, 2.05) is 30.3 Å². The van der Waals surface area contributed by atoms with Gasteiger partial charge in [0.15, 0.2) is 11.6 Å². The normalized spacial score (nSPS) is 11.5. The van der Waals surface area contributed by atoms with Crippen molar-refractivity contribution in [1.82, 2.24) is 5.32 Å². The molecule has 0 fully saturated rings.